The Morgan fingerprint density at radius 1 is 1.14 bits per heavy atom. The van der Waals surface area contributed by atoms with Crippen LogP contribution in [-0.2, 0) is 16.0 Å². The van der Waals surface area contributed by atoms with E-state index in [1.54, 1.807) is 19.2 Å². The van der Waals surface area contributed by atoms with Crippen molar-refractivity contribution in [3.05, 3.63) is 81.8 Å². The van der Waals surface area contributed by atoms with Crippen LogP contribution in [0.15, 0.2) is 53.6 Å². The molecular formula is C27H29FN6O3. The van der Waals surface area contributed by atoms with Crippen molar-refractivity contribution in [1.29, 1.82) is 0 Å². The number of hydrogen-bond donors (Lipinski definition) is 1. The molecule has 0 bridgehead atoms. The lowest BCUT2D eigenvalue weighted by Crippen LogP contribution is -2.36. The molecule has 2 N–H and O–H groups in total. The normalized spacial score (nSPS) is 14.8. The third kappa shape index (κ3) is 4.95. The van der Waals surface area contributed by atoms with E-state index in [4.69, 9.17) is 15.2 Å². The SMILES string of the molecule is COC(c1ccc(=O)n(CCN)n1)c1cc(-c2ncnc3cc(N4CCOCC4)ccc23)c(F)cc1C. The summed E-state index contributed by atoms with van der Waals surface area (Å²) in [5, 5.41) is 5.19. The van der Waals surface area contributed by atoms with Crippen molar-refractivity contribution in [2.75, 3.05) is 44.9 Å². The van der Waals surface area contributed by atoms with Crippen molar-refractivity contribution < 1.29 is 13.9 Å². The van der Waals surface area contributed by atoms with Crippen LogP contribution in [0.25, 0.3) is 22.2 Å². The highest BCUT2D eigenvalue weighted by Gasteiger charge is 2.22. The molecule has 4 aromatic rings. The highest BCUT2D eigenvalue weighted by molar-refractivity contribution is 5.94. The van der Waals surface area contributed by atoms with Gasteiger partial charge >= 0.3 is 0 Å². The van der Waals surface area contributed by atoms with Gasteiger partial charge in [0.15, 0.2) is 0 Å². The van der Waals surface area contributed by atoms with E-state index < -0.39 is 11.9 Å². The maximum atomic E-state index is 15.4. The molecule has 2 aromatic carbocycles. The average molecular weight is 505 g/mol. The van der Waals surface area contributed by atoms with E-state index in [1.807, 2.05) is 25.1 Å². The monoisotopic (exact) mass is 504 g/mol. The number of benzene rings is 2. The van der Waals surface area contributed by atoms with Crippen molar-refractivity contribution in [1.82, 2.24) is 19.7 Å². The number of fused-ring (bicyclic) bond motifs is 1. The summed E-state index contributed by atoms with van der Waals surface area (Å²) >= 11 is 0. The predicted molar refractivity (Wildman–Crippen MR) is 139 cm³/mol. The number of methoxy groups -OCH3 is 1. The molecule has 9 nitrogen and oxygen atoms in total. The number of aromatic nitrogens is 4. The Balaban J connectivity index is 1.58. The molecule has 0 aliphatic carbocycles. The Bertz CT molecular complexity index is 1490. The number of nitrogens with zero attached hydrogens (tertiary/aromatic N) is 5. The van der Waals surface area contributed by atoms with Gasteiger partial charge in [0.1, 0.15) is 18.2 Å². The second-order valence-electron chi connectivity index (χ2n) is 8.94. The number of morpholine rings is 1. The zero-order valence-electron chi connectivity index (χ0n) is 20.9. The van der Waals surface area contributed by atoms with Gasteiger partial charge in [-0.3, -0.25) is 4.79 Å². The van der Waals surface area contributed by atoms with E-state index in [1.165, 1.54) is 23.1 Å². The Kier molecular flexibility index (Phi) is 7.22. The topological polar surface area (TPSA) is 108 Å². The second kappa shape index (κ2) is 10.7. The molecule has 3 heterocycles. The number of anilines is 1. The van der Waals surface area contributed by atoms with Crippen molar-refractivity contribution in [2.24, 2.45) is 5.73 Å². The fourth-order valence-corrected chi connectivity index (χ4v) is 4.73. The van der Waals surface area contributed by atoms with Crippen LogP contribution >= 0.6 is 0 Å². The van der Waals surface area contributed by atoms with Crippen LogP contribution in [0, 0.1) is 12.7 Å². The van der Waals surface area contributed by atoms with Gasteiger partial charge in [0.25, 0.3) is 5.56 Å². The first-order valence-corrected chi connectivity index (χ1v) is 12.2. The van der Waals surface area contributed by atoms with Gasteiger partial charge in [-0.05, 0) is 54.4 Å². The molecule has 0 amide bonds. The molecule has 0 spiro atoms. The number of hydrogen-bond acceptors (Lipinski definition) is 8. The minimum Gasteiger partial charge on any atom is -0.378 e. The summed E-state index contributed by atoms with van der Waals surface area (Å²) in [6.45, 7) is 5.37. The van der Waals surface area contributed by atoms with E-state index >= 15 is 4.39 Å². The number of rotatable bonds is 7. The third-order valence-corrected chi connectivity index (χ3v) is 6.62. The van der Waals surface area contributed by atoms with Gasteiger partial charge in [-0.15, -0.1) is 0 Å². The predicted octanol–water partition coefficient (Wildman–Crippen LogP) is 2.83. The molecule has 1 unspecified atom stereocenters. The van der Waals surface area contributed by atoms with E-state index in [-0.39, 0.29) is 18.6 Å². The second-order valence-corrected chi connectivity index (χ2v) is 8.94. The van der Waals surface area contributed by atoms with Crippen LogP contribution in [0.2, 0.25) is 0 Å². The van der Waals surface area contributed by atoms with E-state index in [2.05, 4.69) is 20.0 Å². The highest BCUT2D eigenvalue weighted by atomic mass is 19.1. The number of nitrogens with two attached hydrogens (primary N) is 1. The molecule has 10 heteroatoms. The van der Waals surface area contributed by atoms with Crippen molar-refractivity contribution in [3.8, 4) is 11.3 Å². The fourth-order valence-electron chi connectivity index (χ4n) is 4.73. The van der Waals surface area contributed by atoms with Gasteiger partial charge < -0.3 is 20.1 Å². The lowest BCUT2D eigenvalue weighted by Gasteiger charge is -2.29. The Morgan fingerprint density at radius 2 is 1.95 bits per heavy atom. The molecule has 1 fully saturated rings. The number of ether oxygens (including phenoxy) is 2. The molecule has 2 aromatic heterocycles. The number of aryl methyl sites for hydroxylation is 1. The van der Waals surface area contributed by atoms with Crippen molar-refractivity contribution >= 4 is 16.6 Å². The Morgan fingerprint density at radius 3 is 2.70 bits per heavy atom. The maximum absolute atomic E-state index is 15.4. The zero-order valence-corrected chi connectivity index (χ0v) is 20.9. The quantitative estimate of drug-likeness (QED) is 0.409. The van der Waals surface area contributed by atoms with Crippen molar-refractivity contribution in [3.63, 3.8) is 0 Å². The minimum absolute atomic E-state index is 0.246. The average Bonchev–Trinajstić information content (AvgIpc) is 2.92. The van der Waals surface area contributed by atoms with Gasteiger partial charge in [-0.2, -0.15) is 5.10 Å². The van der Waals surface area contributed by atoms with Crippen LogP contribution in [-0.4, -0.2) is 59.7 Å². The van der Waals surface area contributed by atoms with Gasteiger partial charge in [-0.1, -0.05) is 0 Å². The lowest BCUT2D eigenvalue weighted by molar-refractivity contribution is 0.122. The molecule has 5 rings (SSSR count). The first kappa shape index (κ1) is 24.9. The molecule has 1 aliphatic heterocycles. The summed E-state index contributed by atoms with van der Waals surface area (Å²) in [5.74, 6) is -0.394. The summed E-state index contributed by atoms with van der Waals surface area (Å²) in [6.07, 6.45) is 0.836. The van der Waals surface area contributed by atoms with Gasteiger partial charge in [-0.25, -0.2) is 19.0 Å². The van der Waals surface area contributed by atoms with E-state index in [9.17, 15) is 4.79 Å². The van der Waals surface area contributed by atoms with Gasteiger partial charge in [0, 0.05) is 49.4 Å². The molecule has 37 heavy (non-hydrogen) atoms. The van der Waals surface area contributed by atoms with E-state index in [0.29, 0.717) is 35.7 Å². The molecule has 0 radical (unpaired) electrons. The minimum atomic E-state index is -0.620. The summed E-state index contributed by atoms with van der Waals surface area (Å²) in [5.41, 5.74) is 9.93. The first-order chi connectivity index (χ1) is 18.0. The van der Waals surface area contributed by atoms with Crippen LogP contribution in [0.5, 0.6) is 0 Å². The molecule has 0 saturated carbocycles. The van der Waals surface area contributed by atoms with Crippen LogP contribution < -0.4 is 16.2 Å². The van der Waals surface area contributed by atoms with Crippen LogP contribution in [0.4, 0.5) is 10.1 Å². The first-order valence-electron chi connectivity index (χ1n) is 12.2. The van der Waals surface area contributed by atoms with Crippen LogP contribution in [0.1, 0.15) is 22.9 Å². The highest BCUT2D eigenvalue weighted by Crippen LogP contribution is 2.35. The molecule has 192 valence electrons. The summed E-state index contributed by atoms with van der Waals surface area (Å²) in [6, 6.07) is 12.2. The van der Waals surface area contributed by atoms with E-state index in [0.717, 1.165) is 35.2 Å². The lowest BCUT2D eigenvalue weighted by atomic mass is 9.95. The Labute approximate surface area is 213 Å². The standard InChI is InChI=1S/C27H29FN6O3/c1-17-13-22(28)21(15-20(17)27(36-2)23-5-6-25(35)34(32-23)8-7-29)26-19-4-3-18(14-24(19)30-16-31-26)33-9-11-37-12-10-33/h3-6,13-16,27H,7-12,29H2,1-2H3. The van der Waals surface area contributed by atoms with Gasteiger partial charge in [0.2, 0.25) is 0 Å². The summed E-state index contributed by atoms with van der Waals surface area (Å²) in [7, 11) is 1.56. The summed E-state index contributed by atoms with van der Waals surface area (Å²) < 4.78 is 28.0. The largest absolute Gasteiger partial charge is 0.378 e. The zero-order chi connectivity index (χ0) is 25.9. The molecule has 1 aliphatic rings. The fraction of sp³-hybridized carbons (Fsp3) is 0.333. The Hall–Kier alpha value is -3.73. The summed E-state index contributed by atoms with van der Waals surface area (Å²) in [4.78, 5) is 23.3. The van der Waals surface area contributed by atoms with Crippen LogP contribution in [0.3, 0.4) is 0 Å². The molecule has 1 atom stereocenters. The van der Waals surface area contributed by atoms with Crippen molar-refractivity contribution in [2.45, 2.75) is 19.6 Å². The molecule has 1 saturated heterocycles. The third-order valence-electron chi connectivity index (χ3n) is 6.62. The smallest absolute Gasteiger partial charge is 0.266 e. The molecular weight excluding hydrogens is 475 g/mol. The van der Waals surface area contributed by atoms with Gasteiger partial charge in [0.05, 0.1) is 36.7 Å². The maximum Gasteiger partial charge on any atom is 0.266 e. The number of halogens is 1.